The lowest BCUT2D eigenvalue weighted by Gasteiger charge is -2.08. The van der Waals surface area contributed by atoms with Gasteiger partial charge in [-0.2, -0.15) is 0 Å². The van der Waals surface area contributed by atoms with E-state index in [-0.39, 0.29) is 11.6 Å². The second-order valence-corrected chi connectivity index (χ2v) is 6.83. The summed E-state index contributed by atoms with van der Waals surface area (Å²) >= 11 is 1.25. The van der Waals surface area contributed by atoms with Crippen LogP contribution in [0.3, 0.4) is 0 Å². The van der Waals surface area contributed by atoms with E-state index in [9.17, 15) is 9.50 Å². The summed E-state index contributed by atoms with van der Waals surface area (Å²) in [7, 11) is 0. The van der Waals surface area contributed by atoms with Gasteiger partial charge in [-0.05, 0) is 42.9 Å². The Bertz CT molecular complexity index is 947. The molecule has 0 bridgehead atoms. The van der Waals surface area contributed by atoms with Gasteiger partial charge in [-0.25, -0.2) is 14.4 Å². The molecule has 2 heterocycles. The molecule has 0 amide bonds. The van der Waals surface area contributed by atoms with E-state index >= 15 is 0 Å². The SMILES string of the molecule is CSc1ncc(-c2ccc(-c3cnc(NC4CC4)nn3)c(O)c2)cc1F. The molecule has 0 radical (unpaired) electrons. The molecule has 1 aliphatic rings. The zero-order valence-electron chi connectivity index (χ0n) is 14.0. The molecule has 8 heteroatoms. The highest BCUT2D eigenvalue weighted by Crippen LogP contribution is 2.33. The largest absolute Gasteiger partial charge is 0.507 e. The van der Waals surface area contributed by atoms with Crippen LogP contribution in [0.2, 0.25) is 0 Å². The summed E-state index contributed by atoms with van der Waals surface area (Å²) in [6, 6.07) is 6.91. The Hall–Kier alpha value is -2.74. The molecule has 1 aliphatic carbocycles. The Labute approximate surface area is 153 Å². The highest BCUT2D eigenvalue weighted by molar-refractivity contribution is 7.98. The zero-order valence-corrected chi connectivity index (χ0v) is 14.8. The number of thioether (sulfide) groups is 1. The number of phenols is 1. The predicted molar refractivity (Wildman–Crippen MR) is 98.5 cm³/mol. The monoisotopic (exact) mass is 369 g/mol. The van der Waals surface area contributed by atoms with Gasteiger partial charge in [0.15, 0.2) is 5.82 Å². The van der Waals surface area contributed by atoms with Gasteiger partial charge in [0.25, 0.3) is 0 Å². The van der Waals surface area contributed by atoms with Gasteiger partial charge in [0.1, 0.15) is 16.5 Å². The predicted octanol–water partition coefficient (Wildman–Crippen LogP) is 3.74. The van der Waals surface area contributed by atoms with E-state index in [0.717, 1.165) is 12.8 Å². The third kappa shape index (κ3) is 3.45. The van der Waals surface area contributed by atoms with Crippen molar-refractivity contribution in [3.8, 4) is 28.1 Å². The van der Waals surface area contributed by atoms with Crippen LogP contribution in [-0.2, 0) is 0 Å². The zero-order chi connectivity index (χ0) is 18.1. The van der Waals surface area contributed by atoms with Gasteiger partial charge in [-0.1, -0.05) is 6.07 Å². The van der Waals surface area contributed by atoms with Crippen LogP contribution in [0, 0.1) is 5.82 Å². The number of hydrogen-bond donors (Lipinski definition) is 2. The van der Waals surface area contributed by atoms with Gasteiger partial charge in [-0.3, -0.25) is 0 Å². The maximum Gasteiger partial charge on any atom is 0.242 e. The Kier molecular flexibility index (Phi) is 4.42. The second-order valence-electron chi connectivity index (χ2n) is 6.03. The number of anilines is 1. The Morgan fingerprint density at radius 2 is 1.96 bits per heavy atom. The number of phenolic OH excluding ortho intramolecular Hbond substituents is 1. The molecular weight excluding hydrogens is 353 g/mol. The third-order valence-corrected chi connectivity index (χ3v) is 4.77. The molecule has 3 aromatic rings. The molecule has 0 unspecified atom stereocenters. The lowest BCUT2D eigenvalue weighted by molar-refractivity contribution is 0.477. The van der Waals surface area contributed by atoms with E-state index in [1.165, 1.54) is 17.8 Å². The van der Waals surface area contributed by atoms with Gasteiger partial charge >= 0.3 is 0 Å². The Balaban J connectivity index is 1.60. The van der Waals surface area contributed by atoms with Crippen LogP contribution >= 0.6 is 11.8 Å². The van der Waals surface area contributed by atoms with Crippen molar-refractivity contribution >= 4 is 17.7 Å². The van der Waals surface area contributed by atoms with E-state index in [4.69, 9.17) is 0 Å². The molecule has 1 aromatic carbocycles. The molecule has 0 atom stereocenters. The number of nitrogens with one attached hydrogen (secondary N) is 1. The minimum atomic E-state index is -0.382. The summed E-state index contributed by atoms with van der Waals surface area (Å²) in [5, 5.41) is 22.0. The highest BCUT2D eigenvalue weighted by atomic mass is 32.2. The quantitative estimate of drug-likeness (QED) is 0.663. The van der Waals surface area contributed by atoms with Crippen molar-refractivity contribution in [2.24, 2.45) is 0 Å². The summed E-state index contributed by atoms with van der Waals surface area (Å²) < 4.78 is 13.9. The first-order valence-corrected chi connectivity index (χ1v) is 9.36. The van der Waals surface area contributed by atoms with E-state index in [0.29, 0.717) is 39.4 Å². The fraction of sp³-hybridized carbons (Fsp3) is 0.222. The molecule has 4 rings (SSSR count). The van der Waals surface area contributed by atoms with Crippen molar-refractivity contribution in [1.82, 2.24) is 20.2 Å². The van der Waals surface area contributed by atoms with E-state index in [1.54, 1.807) is 36.8 Å². The summed E-state index contributed by atoms with van der Waals surface area (Å²) in [4.78, 5) is 8.32. The van der Waals surface area contributed by atoms with Crippen molar-refractivity contribution in [3.05, 3.63) is 42.5 Å². The topological polar surface area (TPSA) is 83.8 Å². The number of benzene rings is 1. The maximum atomic E-state index is 13.9. The van der Waals surface area contributed by atoms with Gasteiger partial charge in [0.2, 0.25) is 5.95 Å². The summed E-state index contributed by atoms with van der Waals surface area (Å²) in [6.45, 7) is 0. The molecule has 0 saturated heterocycles. The average Bonchev–Trinajstić information content (AvgIpc) is 3.46. The third-order valence-electron chi connectivity index (χ3n) is 4.08. The van der Waals surface area contributed by atoms with Gasteiger partial charge < -0.3 is 10.4 Å². The summed E-state index contributed by atoms with van der Waals surface area (Å²) in [5.41, 5.74) is 2.24. The lowest BCUT2D eigenvalue weighted by Crippen LogP contribution is -2.06. The molecule has 2 aromatic heterocycles. The molecule has 132 valence electrons. The second kappa shape index (κ2) is 6.87. The van der Waals surface area contributed by atoms with Crippen LogP contribution < -0.4 is 5.32 Å². The van der Waals surface area contributed by atoms with Crippen molar-refractivity contribution < 1.29 is 9.50 Å². The molecule has 1 fully saturated rings. The van der Waals surface area contributed by atoms with Gasteiger partial charge in [0, 0.05) is 23.4 Å². The maximum absolute atomic E-state index is 13.9. The summed E-state index contributed by atoms with van der Waals surface area (Å²) in [6.07, 6.45) is 7.18. The minimum Gasteiger partial charge on any atom is -0.507 e. The normalized spacial score (nSPS) is 13.6. The van der Waals surface area contributed by atoms with Gasteiger partial charge in [-0.15, -0.1) is 22.0 Å². The van der Waals surface area contributed by atoms with E-state index in [1.807, 2.05) is 0 Å². The van der Waals surface area contributed by atoms with Crippen LogP contribution in [0.5, 0.6) is 5.75 Å². The van der Waals surface area contributed by atoms with Crippen molar-refractivity contribution in [1.29, 1.82) is 0 Å². The highest BCUT2D eigenvalue weighted by Gasteiger charge is 2.22. The number of hydrogen-bond acceptors (Lipinski definition) is 7. The Morgan fingerprint density at radius 1 is 1.12 bits per heavy atom. The van der Waals surface area contributed by atoms with E-state index in [2.05, 4.69) is 25.5 Å². The number of halogens is 1. The number of aromatic nitrogens is 4. The molecular formula is C18H16FN5OS. The van der Waals surface area contributed by atoms with Crippen LogP contribution in [0.15, 0.2) is 41.7 Å². The molecule has 6 nitrogen and oxygen atoms in total. The first-order valence-electron chi connectivity index (χ1n) is 8.13. The van der Waals surface area contributed by atoms with Gasteiger partial charge in [0.05, 0.1) is 6.20 Å². The minimum absolute atomic E-state index is 0.0239. The number of aromatic hydroxyl groups is 1. The number of nitrogens with zero attached hydrogens (tertiary/aromatic N) is 4. The smallest absolute Gasteiger partial charge is 0.242 e. The van der Waals surface area contributed by atoms with Crippen LogP contribution in [0.1, 0.15) is 12.8 Å². The van der Waals surface area contributed by atoms with Crippen molar-refractivity contribution in [2.75, 3.05) is 11.6 Å². The molecule has 2 N–H and O–H groups in total. The lowest BCUT2D eigenvalue weighted by atomic mass is 10.0. The van der Waals surface area contributed by atoms with E-state index < -0.39 is 0 Å². The Morgan fingerprint density at radius 3 is 2.58 bits per heavy atom. The van der Waals surface area contributed by atoms with Crippen LogP contribution in [-0.4, -0.2) is 37.6 Å². The average molecular weight is 369 g/mol. The first kappa shape index (κ1) is 16.7. The van der Waals surface area contributed by atoms with Crippen LogP contribution in [0.25, 0.3) is 22.4 Å². The van der Waals surface area contributed by atoms with Crippen molar-refractivity contribution in [2.45, 2.75) is 23.9 Å². The van der Waals surface area contributed by atoms with Crippen LogP contribution in [0.4, 0.5) is 10.3 Å². The molecule has 0 spiro atoms. The fourth-order valence-corrected chi connectivity index (χ4v) is 2.95. The molecule has 0 aliphatic heterocycles. The van der Waals surface area contributed by atoms with Crippen molar-refractivity contribution in [3.63, 3.8) is 0 Å². The first-order chi connectivity index (χ1) is 12.6. The number of rotatable bonds is 5. The molecule has 1 saturated carbocycles. The standard InChI is InChI=1S/C18H16FN5OS/c1-26-17-14(19)6-11(8-20-17)10-2-5-13(16(25)7-10)15-9-21-18(24-23-15)22-12-3-4-12/h2,5-9,12,25H,3-4H2,1H3,(H,21,22,24). The fourth-order valence-electron chi connectivity index (χ4n) is 2.54. The molecule has 26 heavy (non-hydrogen) atoms. The summed E-state index contributed by atoms with van der Waals surface area (Å²) in [5.74, 6) is 0.131. The number of pyridine rings is 1.